The molecule has 1 aromatic heterocycles. The first kappa shape index (κ1) is 32.7. The first-order chi connectivity index (χ1) is 21.7. The summed E-state index contributed by atoms with van der Waals surface area (Å²) in [6.45, 7) is 6.80. The maximum absolute atomic E-state index is 13.5. The van der Waals surface area contributed by atoms with E-state index in [4.69, 9.17) is 35.6 Å². The average molecular weight is 665 g/mol. The Morgan fingerprint density at radius 1 is 0.933 bits per heavy atom. The van der Waals surface area contributed by atoms with Crippen molar-refractivity contribution >= 4 is 52.9 Å². The zero-order valence-corrected chi connectivity index (χ0v) is 28.9. The Morgan fingerprint density at radius 3 is 2.09 bits per heavy atom. The van der Waals surface area contributed by atoms with Gasteiger partial charge in [0, 0.05) is 30.0 Å². The van der Waals surface area contributed by atoms with Gasteiger partial charge in [-0.25, -0.2) is 20.7 Å². The molecule has 0 spiro atoms. The second-order valence-electron chi connectivity index (χ2n) is 11.9. The van der Waals surface area contributed by atoms with E-state index in [1.165, 1.54) is 17.5 Å². The number of imidazole rings is 1. The predicted molar refractivity (Wildman–Crippen MR) is 186 cm³/mol. The molecular weight excluding hydrogens is 625 g/mol. The van der Waals surface area contributed by atoms with Crippen LogP contribution in [0.5, 0.6) is 11.5 Å². The van der Waals surface area contributed by atoms with Crippen LogP contribution in [0.4, 0.5) is 0 Å². The number of thiol groups is 1. The fraction of sp³-hybridized carbons (Fsp3) is 0.324. The molecule has 0 radical (unpaired) electrons. The molecule has 1 unspecified atom stereocenters. The van der Waals surface area contributed by atoms with E-state index in [1.54, 1.807) is 48.6 Å². The van der Waals surface area contributed by atoms with E-state index in [-0.39, 0.29) is 10.2 Å². The highest BCUT2D eigenvalue weighted by Gasteiger charge is 2.51. The van der Waals surface area contributed by atoms with Crippen LogP contribution in [0.15, 0.2) is 97.6 Å². The Hall–Kier alpha value is -3.64. The number of aromatic nitrogens is 2. The van der Waals surface area contributed by atoms with Crippen molar-refractivity contribution in [3.05, 3.63) is 103 Å². The van der Waals surface area contributed by atoms with Gasteiger partial charge in [0.2, 0.25) is 0 Å². The topological polar surface area (TPSA) is 81.0 Å². The molecule has 3 aromatic carbocycles. The monoisotopic (exact) mass is 664 g/mol. The first-order valence-corrected chi connectivity index (χ1v) is 19.0. The number of carbonyl (C=O) groups is 1. The predicted octanol–water partition coefficient (Wildman–Crippen LogP) is 5.19. The Labute approximate surface area is 274 Å². The van der Waals surface area contributed by atoms with E-state index in [2.05, 4.69) is 74.3 Å². The number of benzene rings is 3. The number of carbonyl (C=O) groups excluding carboxylic acids is 1. The Bertz CT molecular complexity index is 1540. The molecule has 2 heterocycles. The average Bonchev–Trinajstić information content (AvgIpc) is 3.72. The lowest BCUT2D eigenvalue weighted by molar-refractivity contribution is 0.00534. The van der Waals surface area contributed by atoms with Gasteiger partial charge < -0.3 is 23.4 Å². The van der Waals surface area contributed by atoms with Gasteiger partial charge in [-0.1, -0.05) is 81.4 Å². The second-order valence-corrected chi connectivity index (χ2v) is 18.9. The zero-order chi connectivity index (χ0) is 32.0. The largest absolute Gasteiger partial charge is 0.497 e. The third-order valence-corrected chi connectivity index (χ3v) is 15.8. The van der Waals surface area contributed by atoms with Gasteiger partial charge in [0.15, 0.2) is 0 Å². The van der Waals surface area contributed by atoms with Gasteiger partial charge in [-0.3, -0.25) is 4.57 Å². The minimum atomic E-state index is -2.74. The highest BCUT2D eigenvalue weighted by Crippen LogP contribution is 2.43. The molecule has 0 amide bonds. The number of hydrogen-bond acceptors (Lipinski definition) is 8. The molecule has 1 aliphatic heterocycles. The minimum Gasteiger partial charge on any atom is -0.497 e. The van der Waals surface area contributed by atoms with Crippen molar-refractivity contribution in [2.45, 2.75) is 38.0 Å². The van der Waals surface area contributed by atoms with E-state index in [0.29, 0.717) is 34.5 Å². The van der Waals surface area contributed by atoms with Crippen molar-refractivity contribution in [3.8, 4) is 11.5 Å². The maximum Gasteiger partial charge on any atom is 0.342 e. The molecule has 0 aliphatic carbocycles. The van der Waals surface area contributed by atoms with Gasteiger partial charge >= 0.3 is 5.97 Å². The molecule has 4 aromatic rings. The number of methoxy groups -OCH3 is 2. The molecule has 0 saturated carbocycles. The number of esters is 1. The third kappa shape index (κ3) is 7.11. The molecule has 45 heavy (non-hydrogen) atoms. The summed E-state index contributed by atoms with van der Waals surface area (Å²) in [6.07, 6.45) is 3.99. The van der Waals surface area contributed by atoms with E-state index < -0.39 is 37.4 Å². The smallest absolute Gasteiger partial charge is 0.342 e. The van der Waals surface area contributed by atoms with Crippen molar-refractivity contribution in [1.82, 2.24) is 9.55 Å². The highest BCUT2D eigenvalue weighted by atomic mass is 32.2. The Morgan fingerprint density at radius 2 is 1.56 bits per heavy atom. The number of thiocarbonyl (C=S) groups is 1. The normalized spacial score (nSPS) is 19.1. The van der Waals surface area contributed by atoms with E-state index in [1.807, 2.05) is 12.1 Å². The molecular formula is C34H40N2O6S2Si. The fourth-order valence-corrected chi connectivity index (χ4v) is 13.7. The van der Waals surface area contributed by atoms with Crippen molar-refractivity contribution in [3.63, 3.8) is 0 Å². The van der Waals surface area contributed by atoms with E-state index in [0.717, 1.165) is 0 Å². The van der Waals surface area contributed by atoms with Gasteiger partial charge in [0.25, 0.3) is 13.5 Å². The quantitative estimate of drug-likeness (QED) is 0.107. The van der Waals surface area contributed by atoms with Crippen molar-refractivity contribution in [2.75, 3.05) is 31.7 Å². The van der Waals surface area contributed by atoms with Gasteiger partial charge in [-0.05, 0) is 39.8 Å². The second kappa shape index (κ2) is 14.2. The van der Waals surface area contributed by atoms with E-state index in [9.17, 15) is 4.79 Å². The summed E-state index contributed by atoms with van der Waals surface area (Å²) in [7, 11) is -0.415. The van der Waals surface area contributed by atoms with Crippen LogP contribution in [-0.4, -0.2) is 72.9 Å². The number of nitrogens with zero attached hydrogens (tertiary/aromatic N) is 2. The molecule has 238 valence electrons. The summed E-state index contributed by atoms with van der Waals surface area (Å²) in [5.74, 6) is 2.29. The van der Waals surface area contributed by atoms with Crippen LogP contribution in [-0.2, 0) is 13.9 Å². The van der Waals surface area contributed by atoms with Crippen LogP contribution in [0.3, 0.4) is 0 Å². The minimum absolute atomic E-state index is 0.152. The summed E-state index contributed by atoms with van der Waals surface area (Å²) in [5.41, 5.74) is 0.314. The zero-order valence-electron chi connectivity index (χ0n) is 26.2. The van der Waals surface area contributed by atoms with Gasteiger partial charge in [0.05, 0.1) is 20.2 Å². The summed E-state index contributed by atoms with van der Waals surface area (Å²) in [4.78, 5) is 17.6. The van der Waals surface area contributed by atoms with Crippen LogP contribution in [0, 0.1) is 0 Å². The van der Waals surface area contributed by atoms with Gasteiger partial charge in [0.1, 0.15) is 35.6 Å². The van der Waals surface area contributed by atoms with Crippen LogP contribution >= 0.6 is 23.1 Å². The fourth-order valence-electron chi connectivity index (χ4n) is 5.83. The Kier molecular flexibility index (Phi) is 10.3. The van der Waals surface area contributed by atoms with Crippen molar-refractivity contribution in [2.24, 2.45) is 0 Å². The standard InChI is InChI=1S/C34H40N2O6S2Si/c1-34(2,3)45(26-12-8-6-9-13-26,27-14-10-7-11-15-27)40-24-44-21-30(31(22-44)42-33(43)36-19-18-35-23-36)41-32(37)28-17-16-25(38-4)20-29(28)39-5/h6-20,23,30-31,44H,21-22,24H2,1-5H3/t30-,31+/m0/s1. The molecule has 1 saturated heterocycles. The van der Waals surface area contributed by atoms with Gasteiger partial charge in [-0.15, -0.1) is 0 Å². The molecule has 0 N–H and O–H groups in total. The molecule has 0 bridgehead atoms. The lowest BCUT2D eigenvalue weighted by Gasteiger charge is -2.43. The summed E-state index contributed by atoms with van der Waals surface area (Å²) < 4.78 is 32.1. The lowest BCUT2D eigenvalue weighted by atomic mass is 10.2. The van der Waals surface area contributed by atoms with Crippen molar-refractivity contribution in [1.29, 1.82) is 0 Å². The molecule has 8 nitrogen and oxygen atoms in total. The number of ether oxygens (including phenoxy) is 4. The van der Waals surface area contributed by atoms with Crippen LogP contribution in [0.2, 0.25) is 5.04 Å². The van der Waals surface area contributed by atoms with Crippen molar-refractivity contribution < 1.29 is 28.2 Å². The molecule has 1 fully saturated rings. The highest BCUT2D eigenvalue weighted by molar-refractivity contribution is 8.17. The van der Waals surface area contributed by atoms with Crippen LogP contribution < -0.4 is 19.8 Å². The molecule has 3 atom stereocenters. The van der Waals surface area contributed by atoms with Gasteiger partial charge in [-0.2, -0.15) is 0 Å². The number of rotatable bonds is 10. The summed E-state index contributed by atoms with van der Waals surface area (Å²) >= 11 is 5.59. The van der Waals surface area contributed by atoms with E-state index >= 15 is 0 Å². The molecule has 1 aliphatic rings. The summed E-state index contributed by atoms with van der Waals surface area (Å²) in [6, 6.07) is 26.2. The Balaban J connectivity index is 1.42. The van der Waals surface area contributed by atoms with Crippen LogP contribution in [0.25, 0.3) is 0 Å². The third-order valence-electron chi connectivity index (χ3n) is 8.03. The first-order valence-electron chi connectivity index (χ1n) is 14.8. The lowest BCUT2D eigenvalue weighted by Crippen LogP contribution is -2.66. The number of hydrogen-bond donors (Lipinski definition) is 1. The SMILES string of the molecule is COc1ccc(C(=O)O[C@H]2C[SH](CO[Si](c3ccccc3)(c3ccccc3)C(C)(C)C)C[C@H]2OC(=S)n2ccnc2)c(OC)c1. The maximum atomic E-state index is 13.5. The molecule has 11 heteroatoms. The summed E-state index contributed by atoms with van der Waals surface area (Å²) in [5, 5.41) is 2.55. The van der Waals surface area contributed by atoms with Crippen LogP contribution in [0.1, 0.15) is 31.1 Å². The molecule has 5 rings (SSSR count).